The van der Waals surface area contributed by atoms with E-state index in [-0.39, 0.29) is 52.2 Å². The second kappa shape index (κ2) is 10.8. The molecule has 2 aliphatic rings. The highest BCUT2D eigenvalue weighted by Crippen LogP contribution is 2.44. The molecular formula is C29H33BrClFN6O4. The van der Waals surface area contributed by atoms with Crippen LogP contribution in [-0.2, 0) is 9.53 Å². The van der Waals surface area contributed by atoms with Crippen molar-refractivity contribution in [2.75, 3.05) is 29.9 Å². The lowest BCUT2D eigenvalue weighted by molar-refractivity contribution is -0.118. The van der Waals surface area contributed by atoms with Crippen LogP contribution < -0.4 is 15.8 Å². The summed E-state index contributed by atoms with van der Waals surface area (Å²) in [6, 6.07) is 0.752. The molecule has 0 bridgehead atoms. The predicted molar refractivity (Wildman–Crippen MR) is 164 cm³/mol. The molecule has 42 heavy (non-hydrogen) atoms. The van der Waals surface area contributed by atoms with Gasteiger partial charge in [0.2, 0.25) is 5.91 Å². The monoisotopic (exact) mass is 662 g/mol. The summed E-state index contributed by atoms with van der Waals surface area (Å²) in [6.07, 6.45) is 0.907. The number of carbonyl (C=O) groups excluding carboxylic acids is 2. The maximum Gasteiger partial charge on any atom is 0.410 e. The first-order valence-corrected chi connectivity index (χ1v) is 15.0. The van der Waals surface area contributed by atoms with Crippen molar-refractivity contribution < 1.29 is 18.7 Å². The average Bonchev–Trinajstić information content (AvgIpc) is 2.91. The van der Waals surface area contributed by atoms with Gasteiger partial charge in [0.1, 0.15) is 23.7 Å². The van der Waals surface area contributed by atoms with Gasteiger partial charge in [-0.25, -0.2) is 19.2 Å². The number of pyridine rings is 1. The first-order chi connectivity index (χ1) is 19.6. The molecule has 2 aromatic heterocycles. The topological polar surface area (TPSA) is 110 Å². The van der Waals surface area contributed by atoms with Crippen molar-refractivity contribution in [2.45, 2.75) is 71.9 Å². The zero-order valence-corrected chi connectivity index (χ0v) is 26.9. The molecule has 0 spiro atoms. The Bertz CT molecular complexity index is 1660. The Morgan fingerprint density at radius 3 is 2.31 bits per heavy atom. The molecule has 2 amide bonds. The van der Waals surface area contributed by atoms with E-state index >= 15 is 4.39 Å². The number of hydrogen-bond donors (Lipinski definition) is 1. The zero-order valence-electron chi connectivity index (χ0n) is 24.5. The summed E-state index contributed by atoms with van der Waals surface area (Å²) in [4.78, 5) is 53.0. The van der Waals surface area contributed by atoms with Gasteiger partial charge in [-0.1, -0.05) is 39.3 Å². The second-order valence-corrected chi connectivity index (χ2v) is 13.4. The molecule has 4 heterocycles. The minimum absolute atomic E-state index is 0.000484. The van der Waals surface area contributed by atoms with E-state index in [0.717, 1.165) is 0 Å². The van der Waals surface area contributed by atoms with E-state index in [2.05, 4.69) is 31.2 Å². The van der Waals surface area contributed by atoms with Crippen molar-refractivity contribution in [1.29, 1.82) is 0 Å². The summed E-state index contributed by atoms with van der Waals surface area (Å²) >= 11 is 9.75. The van der Waals surface area contributed by atoms with E-state index < -0.39 is 35.0 Å². The maximum atomic E-state index is 16.3. The molecular weight excluding hydrogens is 631 g/mol. The molecule has 10 nitrogen and oxygen atoms in total. The normalized spacial score (nSPS) is 17.0. The Morgan fingerprint density at radius 1 is 1.12 bits per heavy atom. The first kappa shape index (κ1) is 30.2. The van der Waals surface area contributed by atoms with Crippen LogP contribution in [0, 0.1) is 5.82 Å². The van der Waals surface area contributed by atoms with Crippen LogP contribution in [0.3, 0.4) is 0 Å². The number of benzene rings is 1. The number of halogens is 3. The van der Waals surface area contributed by atoms with Crippen molar-refractivity contribution in [3.05, 3.63) is 49.4 Å². The van der Waals surface area contributed by atoms with Crippen LogP contribution in [0.25, 0.3) is 16.6 Å². The van der Waals surface area contributed by atoms with Gasteiger partial charge < -0.3 is 19.9 Å². The third-order valence-corrected chi connectivity index (χ3v) is 8.64. The fourth-order valence-electron chi connectivity index (χ4n) is 5.51. The van der Waals surface area contributed by atoms with Crippen molar-refractivity contribution in [1.82, 2.24) is 19.4 Å². The number of fused-ring (bicyclic) bond motifs is 5. The van der Waals surface area contributed by atoms with Crippen molar-refractivity contribution in [3.63, 3.8) is 0 Å². The van der Waals surface area contributed by atoms with Gasteiger partial charge in [0.15, 0.2) is 5.82 Å². The third-order valence-electron chi connectivity index (χ3n) is 7.34. The van der Waals surface area contributed by atoms with Crippen LogP contribution in [-0.4, -0.2) is 62.7 Å². The molecule has 1 saturated heterocycles. The zero-order chi connectivity index (χ0) is 30.8. The number of nitrogens with one attached hydrogen (secondary N) is 1. The van der Waals surface area contributed by atoms with E-state index in [0.29, 0.717) is 28.1 Å². The first-order valence-electron chi connectivity index (χ1n) is 13.8. The fraction of sp³-hybridized carbons (Fsp3) is 0.483. The Kier molecular flexibility index (Phi) is 7.76. The molecule has 0 saturated carbocycles. The lowest BCUT2D eigenvalue weighted by Crippen LogP contribution is -2.62. The summed E-state index contributed by atoms with van der Waals surface area (Å²) in [7, 11) is 0. The number of piperazine rings is 1. The molecule has 224 valence electrons. The second-order valence-electron chi connectivity index (χ2n) is 12.2. The SMILES string of the molecule is CC(C)c1ncnc(C(C)C)c1-n1c(=O)c2c(c3cc(Cl)c(Br)c(F)c31)N1CCN(C(=O)OC(C)(C)C)C[C@@H]1C(=O)N2. The summed E-state index contributed by atoms with van der Waals surface area (Å²) in [6.45, 7) is 13.5. The largest absolute Gasteiger partial charge is 0.444 e. The molecule has 1 aromatic carbocycles. The number of carbonyl (C=O) groups is 2. The molecule has 1 atom stereocenters. The Balaban J connectivity index is 1.79. The van der Waals surface area contributed by atoms with Crippen molar-refractivity contribution in [3.8, 4) is 5.69 Å². The number of hydrogen-bond acceptors (Lipinski definition) is 7. The van der Waals surface area contributed by atoms with Gasteiger partial charge in [0.05, 0.1) is 44.3 Å². The standard InChI is InChI=1S/C29H33BrClFN6O4/c1-13(2)20-25(21(14(3)4)34-12-33-20)38-23-15(10-16(31)18(30)19(23)32)24-22(27(38)40)35-26(39)17-11-36(8-9-37(17)24)28(41)42-29(5,6)7/h10,12-14,17H,8-9,11H2,1-7H3,(H,35,39)/t17-/m1/s1. The van der Waals surface area contributed by atoms with Crippen molar-refractivity contribution >= 4 is 61.8 Å². The molecule has 3 aromatic rings. The van der Waals surface area contributed by atoms with E-state index in [1.165, 1.54) is 15.8 Å². The third kappa shape index (κ3) is 5.02. The molecule has 13 heteroatoms. The summed E-state index contributed by atoms with van der Waals surface area (Å²) in [5.41, 5.74) is 0.511. The van der Waals surface area contributed by atoms with Gasteiger partial charge in [0.25, 0.3) is 5.56 Å². The Morgan fingerprint density at radius 2 is 1.74 bits per heavy atom. The van der Waals surface area contributed by atoms with Crippen LogP contribution in [0.2, 0.25) is 5.02 Å². The Hall–Kier alpha value is -3.25. The molecule has 1 fully saturated rings. The maximum absolute atomic E-state index is 16.3. The van der Waals surface area contributed by atoms with E-state index in [1.807, 2.05) is 27.7 Å². The van der Waals surface area contributed by atoms with Crippen LogP contribution in [0.5, 0.6) is 0 Å². The van der Waals surface area contributed by atoms with E-state index in [4.69, 9.17) is 16.3 Å². The Labute approximate surface area is 256 Å². The van der Waals surface area contributed by atoms with Gasteiger partial charge in [0, 0.05) is 18.5 Å². The molecule has 5 rings (SSSR count). The van der Waals surface area contributed by atoms with Gasteiger partial charge in [-0.3, -0.25) is 14.2 Å². The van der Waals surface area contributed by atoms with Crippen LogP contribution in [0.15, 0.2) is 21.7 Å². The number of ether oxygens (including phenoxy) is 1. The lowest BCUT2D eigenvalue weighted by Gasteiger charge is -2.45. The summed E-state index contributed by atoms with van der Waals surface area (Å²) in [5.74, 6) is -1.44. The van der Waals surface area contributed by atoms with E-state index in [9.17, 15) is 14.4 Å². The van der Waals surface area contributed by atoms with Gasteiger partial charge in [-0.2, -0.15) is 0 Å². The minimum atomic E-state index is -0.833. The average molecular weight is 664 g/mol. The van der Waals surface area contributed by atoms with E-state index in [1.54, 1.807) is 31.7 Å². The minimum Gasteiger partial charge on any atom is -0.444 e. The summed E-state index contributed by atoms with van der Waals surface area (Å²) < 4.78 is 23.1. The summed E-state index contributed by atoms with van der Waals surface area (Å²) in [5, 5.41) is 3.21. The quantitative estimate of drug-likeness (QED) is 0.345. The molecule has 0 radical (unpaired) electrons. The van der Waals surface area contributed by atoms with Crippen LogP contribution in [0.4, 0.5) is 20.6 Å². The molecule has 1 N–H and O–H groups in total. The highest BCUT2D eigenvalue weighted by Gasteiger charge is 2.43. The number of rotatable bonds is 3. The van der Waals surface area contributed by atoms with Crippen LogP contribution in [0.1, 0.15) is 71.7 Å². The number of nitrogens with zero attached hydrogens (tertiary/aromatic N) is 5. The molecule has 2 aliphatic heterocycles. The van der Waals surface area contributed by atoms with Crippen molar-refractivity contribution in [2.24, 2.45) is 0 Å². The highest BCUT2D eigenvalue weighted by molar-refractivity contribution is 9.10. The highest BCUT2D eigenvalue weighted by atomic mass is 79.9. The lowest BCUT2D eigenvalue weighted by atomic mass is 9.99. The van der Waals surface area contributed by atoms with Gasteiger partial charge in [-0.15, -0.1) is 0 Å². The number of amides is 2. The molecule has 0 unspecified atom stereocenters. The number of anilines is 2. The van der Waals surface area contributed by atoms with Gasteiger partial charge in [-0.05, 0) is 54.6 Å². The van der Waals surface area contributed by atoms with Crippen LogP contribution >= 0.6 is 27.5 Å². The molecule has 0 aliphatic carbocycles. The van der Waals surface area contributed by atoms with Gasteiger partial charge >= 0.3 is 6.09 Å². The smallest absolute Gasteiger partial charge is 0.410 e. The fourth-order valence-corrected chi connectivity index (χ4v) is 6.01. The number of aromatic nitrogens is 3. The predicted octanol–water partition coefficient (Wildman–Crippen LogP) is 5.96.